The number of hydrazone groups is 1. The molecule has 0 spiro atoms. The number of carbonyl (C=O) groups excluding carboxylic acids is 3. The van der Waals surface area contributed by atoms with Crippen molar-refractivity contribution in [2.45, 2.75) is 0 Å². The van der Waals surface area contributed by atoms with Gasteiger partial charge in [0.1, 0.15) is 10.6 Å². The van der Waals surface area contributed by atoms with Crippen LogP contribution in [0.1, 0.15) is 36.0 Å². The van der Waals surface area contributed by atoms with E-state index in [1.54, 1.807) is 42.5 Å². The summed E-state index contributed by atoms with van der Waals surface area (Å²) in [6, 6.07) is 21.7. The van der Waals surface area contributed by atoms with Gasteiger partial charge in [-0.2, -0.15) is 5.10 Å². The van der Waals surface area contributed by atoms with Crippen LogP contribution in [0.4, 0.5) is 5.69 Å². The minimum absolute atomic E-state index is 0.167. The van der Waals surface area contributed by atoms with Crippen molar-refractivity contribution in [2.24, 2.45) is 5.10 Å². The second-order valence-electron chi connectivity index (χ2n) is 9.46. The van der Waals surface area contributed by atoms with Crippen molar-refractivity contribution in [1.82, 2.24) is 5.43 Å². The molecule has 10 nitrogen and oxygen atoms in total. The largest absolute Gasteiger partial charge is 0.493 e. The first-order valence-electron chi connectivity index (χ1n) is 13.5. The van der Waals surface area contributed by atoms with Gasteiger partial charge in [-0.25, -0.2) is 10.2 Å². The Labute approximate surface area is 281 Å². The van der Waals surface area contributed by atoms with Gasteiger partial charge in [0.05, 0.1) is 38.1 Å². The molecule has 0 saturated heterocycles. The van der Waals surface area contributed by atoms with E-state index in [1.165, 1.54) is 51.0 Å². The van der Waals surface area contributed by atoms with Crippen molar-refractivity contribution in [1.29, 1.82) is 0 Å². The van der Waals surface area contributed by atoms with Crippen LogP contribution in [0.3, 0.4) is 0 Å². The van der Waals surface area contributed by atoms with Gasteiger partial charge in [0.2, 0.25) is 5.75 Å². The van der Waals surface area contributed by atoms with Crippen LogP contribution in [0, 0.1) is 0 Å². The summed E-state index contributed by atoms with van der Waals surface area (Å²) in [6.07, 6.45) is 1.35. The smallest absolute Gasteiger partial charge is 0.343 e. The molecule has 2 N–H and O–H groups in total. The molecular weight excluding hydrogens is 698 g/mol. The number of esters is 1. The molecule has 1 aromatic heterocycles. The minimum atomic E-state index is -0.679. The van der Waals surface area contributed by atoms with Crippen LogP contribution in [-0.4, -0.2) is 45.3 Å². The van der Waals surface area contributed by atoms with Crippen molar-refractivity contribution < 1.29 is 33.3 Å². The first-order valence-corrected chi connectivity index (χ1v) is 15.4. The Hall–Kier alpha value is -4.91. The molecule has 13 heteroatoms. The molecule has 0 fully saturated rings. The molecule has 4 aromatic carbocycles. The zero-order valence-corrected chi connectivity index (χ0v) is 27.7. The van der Waals surface area contributed by atoms with Crippen LogP contribution in [0.2, 0.25) is 5.02 Å². The summed E-state index contributed by atoms with van der Waals surface area (Å²) < 4.78 is 23.2. The fourth-order valence-electron chi connectivity index (χ4n) is 4.35. The second kappa shape index (κ2) is 14.5. The number of ether oxygens (including phenoxy) is 4. The predicted octanol–water partition coefficient (Wildman–Crippen LogP) is 7.58. The normalized spacial score (nSPS) is 10.9. The molecule has 0 aliphatic heterocycles. The molecule has 46 heavy (non-hydrogen) atoms. The van der Waals surface area contributed by atoms with Gasteiger partial charge in [-0.1, -0.05) is 45.7 Å². The molecule has 1 heterocycles. The summed E-state index contributed by atoms with van der Waals surface area (Å²) in [5.74, 6) is -0.391. The monoisotopic (exact) mass is 721 g/mol. The number of hydrogen-bond donors (Lipinski definition) is 2. The SMILES string of the molecule is COc1cc(C(=O)Oc2ccc(Br)cc2/C=N\NC(=O)c2ccc(NC(=O)c3sc4ccccc4c3Cl)cc2)cc(OC)c1OC. The highest BCUT2D eigenvalue weighted by Gasteiger charge is 2.20. The van der Waals surface area contributed by atoms with E-state index < -0.39 is 11.9 Å². The average Bonchev–Trinajstić information content (AvgIpc) is 3.41. The Morgan fingerprint density at radius 3 is 2.17 bits per heavy atom. The molecule has 0 aliphatic carbocycles. The average molecular weight is 723 g/mol. The zero-order valence-electron chi connectivity index (χ0n) is 24.6. The van der Waals surface area contributed by atoms with Crippen molar-refractivity contribution in [3.05, 3.63) is 110 Å². The third-order valence-electron chi connectivity index (χ3n) is 6.59. The number of rotatable bonds is 10. The molecule has 5 aromatic rings. The molecule has 0 aliphatic rings. The lowest BCUT2D eigenvalue weighted by Crippen LogP contribution is -2.18. The Kier molecular flexibility index (Phi) is 10.2. The van der Waals surface area contributed by atoms with E-state index in [0.717, 1.165) is 10.1 Å². The lowest BCUT2D eigenvalue weighted by molar-refractivity contribution is 0.0733. The molecule has 2 amide bonds. The topological polar surface area (TPSA) is 125 Å². The number of fused-ring (bicyclic) bond motifs is 1. The van der Waals surface area contributed by atoms with E-state index in [1.807, 2.05) is 24.3 Å². The molecule has 0 saturated carbocycles. The predicted molar refractivity (Wildman–Crippen MR) is 181 cm³/mol. The summed E-state index contributed by atoms with van der Waals surface area (Å²) in [5.41, 5.74) is 3.83. The van der Waals surface area contributed by atoms with Gasteiger partial charge >= 0.3 is 5.97 Å². The van der Waals surface area contributed by atoms with Gasteiger partial charge in [0.15, 0.2) is 11.5 Å². The highest BCUT2D eigenvalue weighted by molar-refractivity contribution is 9.10. The van der Waals surface area contributed by atoms with Gasteiger partial charge < -0.3 is 24.3 Å². The number of carbonyl (C=O) groups is 3. The van der Waals surface area contributed by atoms with Crippen LogP contribution in [-0.2, 0) is 0 Å². The third-order valence-corrected chi connectivity index (χ3v) is 8.76. The fraction of sp³-hybridized carbons (Fsp3) is 0.0909. The number of nitrogens with one attached hydrogen (secondary N) is 2. The number of thiophene rings is 1. The van der Waals surface area contributed by atoms with Gasteiger partial charge in [0.25, 0.3) is 11.8 Å². The summed E-state index contributed by atoms with van der Waals surface area (Å²) in [5, 5.41) is 8.07. The van der Waals surface area contributed by atoms with E-state index in [4.69, 9.17) is 30.5 Å². The second-order valence-corrected chi connectivity index (χ2v) is 11.8. The number of hydrogen-bond acceptors (Lipinski definition) is 9. The van der Waals surface area contributed by atoms with Crippen molar-refractivity contribution in [2.75, 3.05) is 26.6 Å². The van der Waals surface area contributed by atoms with Crippen LogP contribution in [0.15, 0.2) is 88.4 Å². The zero-order chi connectivity index (χ0) is 32.8. The Bertz CT molecular complexity index is 1950. The number of methoxy groups -OCH3 is 3. The van der Waals surface area contributed by atoms with Crippen LogP contribution >= 0.6 is 38.9 Å². The molecule has 234 valence electrons. The lowest BCUT2D eigenvalue weighted by Gasteiger charge is -2.14. The maximum Gasteiger partial charge on any atom is 0.343 e. The summed E-state index contributed by atoms with van der Waals surface area (Å²) >= 11 is 11.1. The van der Waals surface area contributed by atoms with Crippen molar-refractivity contribution in [3.8, 4) is 23.0 Å². The van der Waals surface area contributed by atoms with Crippen LogP contribution in [0.5, 0.6) is 23.0 Å². The summed E-state index contributed by atoms with van der Waals surface area (Å²) in [4.78, 5) is 39.1. The van der Waals surface area contributed by atoms with Crippen molar-refractivity contribution in [3.63, 3.8) is 0 Å². The first-order chi connectivity index (χ1) is 22.2. The van der Waals surface area contributed by atoms with Gasteiger partial charge in [-0.15, -0.1) is 11.3 Å². The maximum absolute atomic E-state index is 13.1. The Balaban J connectivity index is 1.24. The summed E-state index contributed by atoms with van der Waals surface area (Å²) in [7, 11) is 4.35. The molecular formula is C33H25BrClN3O7S. The van der Waals surface area contributed by atoms with Crippen LogP contribution in [0.25, 0.3) is 10.1 Å². The van der Waals surface area contributed by atoms with E-state index >= 15 is 0 Å². The standard InChI is InChI=1S/C33H25BrClN3O7S/c1-42-25-15-19(16-26(43-2)29(25)44-3)33(41)45-24-13-10-21(34)14-20(24)17-36-38-31(39)18-8-11-22(12-9-18)37-32(40)30-28(35)23-6-4-5-7-27(23)46-30/h4-17H,1-3H3,(H,37,40)(H,38,39)/b36-17-. The fourth-order valence-corrected chi connectivity index (χ4v) is 6.14. The third kappa shape index (κ3) is 7.15. The maximum atomic E-state index is 13.1. The molecule has 0 bridgehead atoms. The minimum Gasteiger partial charge on any atom is -0.493 e. The number of anilines is 1. The molecule has 0 unspecified atom stereocenters. The first kappa shape index (κ1) is 32.5. The van der Waals surface area contributed by atoms with Gasteiger partial charge in [-0.05, 0) is 60.7 Å². The van der Waals surface area contributed by atoms with Gasteiger partial charge in [0, 0.05) is 31.4 Å². The highest BCUT2D eigenvalue weighted by Crippen LogP contribution is 2.39. The molecule has 5 rings (SSSR count). The van der Waals surface area contributed by atoms with Crippen molar-refractivity contribution >= 4 is 78.6 Å². The number of nitrogens with zero attached hydrogens (tertiary/aromatic N) is 1. The number of amides is 2. The molecule has 0 atom stereocenters. The molecule has 0 radical (unpaired) electrons. The van der Waals surface area contributed by atoms with E-state index in [9.17, 15) is 14.4 Å². The Morgan fingerprint density at radius 1 is 0.826 bits per heavy atom. The van der Waals surface area contributed by atoms with Gasteiger partial charge in [-0.3, -0.25) is 9.59 Å². The van der Waals surface area contributed by atoms with E-state index in [2.05, 4.69) is 31.8 Å². The Morgan fingerprint density at radius 2 is 1.52 bits per heavy atom. The number of halogens is 2. The summed E-state index contributed by atoms with van der Waals surface area (Å²) in [6.45, 7) is 0. The van der Waals surface area contributed by atoms with Crippen LogP contribution < -0.4 is 29.7 Å². The number of benzene rings is 4. The van der Waals surface area contributed by atoms with E-state index in [-0.39, 0.29) is 17.2 Å². The quantitative estimate of drug-likeness (QED) is 0.0659. The highest BCUT2D eigenvalue weighted by atomic mass is 79.9. The lowest BCUT2D eigenvalue weighted by atomic mass is 10.1. The van der Waals surface area contributed by atoms with E-state index in [0.29, 0.717) is 48.4 Å².